The zero-order valence-corrected chi connectivity index (χ0v) is 59.3. The fraction of sp³-hybridized carbons (Fsp3) is 0.464. The van der Waals surface area contributed by atoms with Crippen molar-refractivity contribution in [1.29, 1.82) is 10.5 Å². The second-order valence-electron chi connectivity index (χ2n) is 25.7. The SMILES string of the molecule is COc1c(C)cc2c(c1O)[C@@H]1C3[C@@H]4SCC(=O)C(=O)OC[C@@H](c5c6c(c(C)c(OC(C)=O)c54)OCO6)N3[C@@H](C#N)[C@H](C2)N1C.COc1c(C)cc2c(c1O)[C@@H]1C3[C@@H]4SCC(N)C(=O)OC[C@@H](c5c6c(c(C)c(OC(C)=O)c54)OCO6)N3[C@@H](C#N)[C@H](C2)N1C.C[n+]1ccc(C=O)cc1.[I-]. The normalized spacial score (nSPS) is 27.4. The van der Waals surface area contributed by atoms with Crippen LogP contribution in [0.5, 0.6) is 57.5 Å². The highest BCUT2D eigenvalue weighted by atomic mass is 127. The lowest BCUT2D eigenvalue weighted by Crippen LogP contribution is -3.00. The molecular weight excluding hydrogens is 1420 g/mol. The summed E-state index contributed by atoms with van der Waals surface area (Å²) < 4.78 is 60.3. The van der Waals surface area contributed by atoms with E-state index in [1.54, 1.807) is 19.1 Å². The molecule has 10 aliphatic heterocycles. The molecule has 3 unspecified atom stereocenters. The van der Waals surface area contributed by atoms with Gasteiger partial charge >= 0.3 is 23.9 Å². The van der Waals surface area contributed by atoms with Gasteiger partial charge in [0.2, 0.25) is 19.4 Å². The largest absolute Gasteiger partial charge is 1.00 e. The van der Waals surface area contributed by atoms with Crippen LogP contribution in [0, 0.1) is 50.4 Å². The number of Topliss-reactive ketones (excluding diaryl/α,β-unsaturated/α-hetero) is 1. The van der Waals surface area contributed by atoms with Crippen molar-refractivity contribution in [3.05, 3.63) is 109 Å². The van der Waals surface area contributed by atoms with E-state index in [9.17, 15) is 49.5 Å². The van der Waals surface area contributed by atoms with E-state index >= 15 is 0 Å². The number of carbonyl (C=O) groups excluding carboxylic acids is 6. The molecule has 5 aromatic rings. The van der Waals surface area contributed by atoms with Crippen LogP contribution in [0.3, 0.4) is 0 Å². The summed E-state index contributed by atoms with van der Waals surface area (Å²) in [7, 11) is 8.87. The molecule has 13 atom stereocenters. The molecule has 4 aromatic carbocycles. The molecule has 4 fully saturated rings. The van der Waals surface area contributed by atoms with Gasteiger partial charge in [-0.25, -0.2) is 9.36 Å². The average molecular weight is 1490 g/mol. The van der Waals surface area contributed by atoms with Crippen molar-refractivity contribution in [2.24, 2.45) is 12.8 Å². The third-order valence-corrected chi connectivity index (χ3v) is 23.1. The number of aromatic nitrogens is 1. The maximum Gasteiger partial charge on any atom is 0.375 e. The third-order valence-electron chi connectivity index (χ3n) is 20.4. The van der Waals surface area contributed by atoms with Gasteiger partial charge in [-0.05, 0) is 76.9 Å². The minimum absolute atomic E-state index is 0. The van der Waals surface area contributed by atoms with Gasteiger partial charge in [-0.3, -0.25) is 43.6 Å². The monoisotopic (exact) mass is 1490 g/mol. The first-order valence-corrected chi connectivity index (χ1v) is 33.7. The topological polar surface area (TPSA) is 326 Å². The molecule has 0 aliphatic carbocycles. The lowest BCUT2D eigenvalue weighted by atomic mass is 9.71. The lowest BCUT2D eigenvalue weighted by Gasteiger charge is -2.61. The van der Waals surface area contributed by atoms with Crippen LogP contribution in [0.2, 0.25) is 0 Å². The molecule has 4 saturated heterocycles. The maximum absolute atomic E-state index is 13.0. The predicted octanol–water partition coefficient (Wildman–Crippen LogP) is 2.69. The Hall–Kier alpha value is -8.14. The number of thioether (sulfide) groups is 2. The number of cyclic esters (lactones) is 2. The number of aldehydes is 1. The van der Waals surface area contributed by atoms with Crippen molar-refractivity contribution in [2.45, 2.75) is 131 Å². The van der Waals surface area contributed by atoms with Gasteiger partial charge in [0.1, 0.15) is 49.9 Å². The minimum atomic E-state index is -0.949. The number of halogens is 1. The Morgan fingerprint density at radius 1 is 0.663 bits per heavy atom. The predicted molar refractivity (Wildman–Crippen MR) is 346 cm³/mol. The van der Waals surface area contributed by atoms with Gasteiger partial charge in [-0.2, -0.15) is 10.5 Å². The van der Waals surface area contributed by atoms with Crippen LogP contribution in [0.15, 0.2) is 36.7 Å². The molecule has 11 heterocycles. The third kappa shape index (κ3) is 11.1. The average Bonchev–Trinajstić information content (AvgIpc) is 0.883. The second kappa shape index (κ2) is 27.2. The van der Waals surface area contributed by atoms with E-state index < -0.39 is 94.5 Å². The summed E-state index contributed by atoms with van der Waals surface area (Å²) in [6.07, 6.45) is 5.52. The standard InChI is InChI=1S/C31H34N4O8S.C31H31N3O9S.C7H8NO.HI/c1-12-6-15-7-17-18(8-32)35-19-9-40-31(38)16(33)10-44-30(24(35)23(34(17)4)20(15)25(37)26(12)39-5)22-21(19)29-28(41-11-42-29)13(2)27(22)43-14(3)36;1-12-6-15-7-16-17(8-32)34-18-9-40-31(38)19(36)10-44-30(24(34)23(33(16)4)20(15)25(37)26(12)39-5)22-21(18)29-28(41-11-42-29)13(2)27(22)43-14(3)35;1-8-4-2-7(6-9)3-5-8;/h6,16-19,23-24,30,37H,7,9-11,33H2,1-5H3;6,16-18,23-24,30,37H,7,9-11H2,1-5H3;2-6H,1H3;1H/q;;+1;/p-1/t16?,17-,18-,19-,23+,24?,30+;16-,17-,18-,23+,24?,30+;;/m00../s1. The molecule has 0 saturated carbocycles. The number of fused-ring (bicyclic) bond motifs is 18. The summed E-state index contributed by atoms with van der Waals surface area (Å²) in [6, 6.07) is 6.72. The van der Waals surface area contributed by atoms with Crippen molar-refractivity contribution < 1.29 is 115 Å². The number of rotatable bonds is 5. The van der Waals surface area contributed by atoms with Crippen molar-refractivity contribution in [2.75, 3.05) is 66.6 Å². The molecule has 10 aliphatic rings. The number of ketones is 1. The Morgan fingerprint density at radius 2 is 1.10 bits per heavy atom. The number of pyridine rings is 1. The van der Waals surface area contributed by atoms with Crippen LogP contribution in [-0.2, 0) is 53.3 Å². The number of phenolic OH excluding ortho intramolecular Hbond substituents is 2. The van der Waals surface area contributed by atoms with E-state index in [4.69, 9.17) is 53.1 Å². The molecule has 29 heteroatoms. The number of esters is 4. The van der Waals surface area contributed by atoms with E-state index in [-0.39, 0.29) is 85.9 Å². The molecule has 15 rings (SSSR count). The summed E-state index contributed by atoms with van der Waals surface area (Å²) in [5.74, 6) is 0.0982. The number of nitrogens with two attached hydrogens (primary N) is 1. The number of likely N-dealkylation sites (N-methyl/N-ethyl adjacent to an activating group) is 2. The fourth-order valence-electron chi connectivity index (χ4n) is 16.5. The van der Waals surface area contributed by atoms with E-state index in [1.165, 1.54) is 51.6 Å². The number of nitrogens with zero attached hydrogens (tertiary/aromatic N) is 7. The Labute approximate surface area is 590 Å². The highest BCUT2D eigenvalue weighted by molar-refractivity contribution is 8.00. The molecule has 0 radical (unpaired) electrons. The van der Waals surface area contributed by atoms with Crippen molar-refractivity contribution in [3.63, 3.8) is 0 Å². The van der Waals surface area contributed by atoms with Crippen LogP contribution in [0.25, 0.3) is 0 Å². The van der Waals surface area contributed by atoms with Gasteiger partial charge in [0, 0.05) is 106 Å². The summed E-state index contributed by atoms with van der Waals surface area (Å²) in [5.41, 5.74) is 15.7. The van der Waals surface area contributed by atoms with Gasteiger partial charge in [0.05, 0.1) is 66.8 Å². The van der Waals surface area contributed by atoms with Gasteiger partial charge in [-0.1, -0.05) is 12.1 Å². The molecule has 1 aromatic heterocycles. The Bertz CT molecular complexity index is 4260. The zero-order chi connectivity index (χ0) is 69.1. The Morgan fingerprint density at radius 3 is 1.53 bits per heavy atom. The number of carbonyl (C=O) groups is 6. The lowest BCUT2D eigenvalue weighted by molar-refractivity contribution is -0.671. The van der Waals surface area contributed by atoms with E-state index in [1.807, 2.05) is 71.0 Å². The highest BCUT2D eigenvalue weighted by Crippen LogP contribution is 2.67. The van der Waals surface area contributed by atoms with Crippen molar-refractivity contribution in [1.82, 2.24) is 19.6 Å². The van der Waals surface area contributed by atoms with Crippen molar-refractivity contribution >= 4 is 59.5 Å². The number of hydrogen-bond donors (Lipinski definition) is 3. The van der Waals surface area contributed by atoms with Crippen LogP contribution in [-0.4, -0.2) is 175 Å². The summed E-state index contributed by atoms with van der Waals surface area (Å²) in [4.78, 5) is 82.3. The van der Waals surface area contributed by atoms with E-state index in [0.29, 0.717) is 97.8 Å². The first-order valence-electron chi connectivity index (χ1n) is 31.6. The van der Waals surface area contributed by atoms with Gasteiger partial charge < -0.3 is 87.3 Å². The molecule has 26 nitrogen and oxygen atoms in total. The smallest absolute Gasteiger partial charge is 0.375 e. The quantitative estimate of drug-likeness (QED) is 0.0569. The van der Waals surface area contributed by atoms with Crippen LogP contribution in [0.4, 0.5) is 0 Å². The zero-order valence-electron chi connectivity index (χ0n) is 55.5. The number of hydrogen-bond acceptors (Lipinski definition) is 27. The van der Waals surface area contributed by atoms with Gasteiger partial charge in [-0.15, -0.1) is 23.5 Å². The molecule has 516 valence electrons. The second-order valence-corrected chi connectivity index (χ2v) is 28.0. The number of nitriles is 2. The molecule has 4 N–H and O–H groups in total. The number of aryl methyl sites for hydroxylation is 3. The summed E-state index contributed by atoms with van der Waals surface area (Å²) >= 11 is 2.66. The number of methoxy groups -OCH3 is 2. The molecule has 0 amide bonds. The van der Waals surface area contributed by atoms with Gasteiger partial charge in [0.15, 0.2) is 64.7 Å². The van der Waals surface area contributed by atoms with Crippen LogP contribution < -0.4 is 72.2 Å². The Kier molecular flexibility index (Phi) is 19.3. The maximum atomic E-state index is 13.0. The Balaban J connectivity index is 0.000000164. The van der Waals surface area contributed by atoms with Crippen LogP contribution in [0.1, 0.15) is 126 Å². The van der Waals surface area contributed by atoms with E-state index in [2.05, 4.69) is 31.7 Å². The molecule has 8 bridgehead atoms. The first-order chi connectivity index (χ1) is 46.5. The fourth-order valence-corrected chi connectivity index (χ4v) is 19.2. The van der Waals surface area contributed by atoms with E-state index in [0.717, 1.165) is 39.7 Å². The number of aromatic hydroxyl groups is 2. The minimum Gasteiger partial charge on any atom is -1.00 e. The number of phenols is 2. The number of piperazine rings is 2. The summed E-state index contributed by atoms with van der Waals surface area (Å²) in [5, 5.41) is 44.0. The van der Waals surface area contributed by atoms with Gasteiger partial charge in [0.25, 0.3) is 0 Å². The number of ether oxygens (including phenoxy) is 10. The van der Waals surface area contributed by atoms with Crippen molar-refractivity contribution in [3.8, 4) is 69.6 Å². The van der Waals surface area contributed by atoms with Crippen LogP contribution >= 0.6 is 23.5 Å². The first kappa shape index (κ1) is 69.7. The highest BCUT2D eigenvalue weighted by Gasteiger charge is 2.63. The molecular formula is C69H73IN8O18S2. The summed E-state index contributed by atoms with van der Waals surface area (Å²) in [6.45, 7) is 9.58. The number of benzene rings is 4. The molecule has 0 spiro atoms. The molecule has 98 heavy (non-hydrogen) atoms.